The molecule has 1 fully saturated rings. The van der Waals surface area contributed by atoms with Crippen molar-refractivity contribution in [2.45, 2.75) is 32.7 Å². The molecule has 0 bridgehead atoms. The zero-order valence-electron chi connectivity index (χ0n) is 23.4. The molecular formula is C33H32F4N2O3. The van der Waals surface area contributed by atoms with Crippen molar-refractivity contribution in [2.24, 2.45) is 0 Å². The van der Waals surface area contributed by atoms with E-state index in [1.54, 1.807) is 24.3 Å². The average Bonchev–Trinajstić information content (AvgIpc) is 2.97. The largest absolute Gasteiger partial charge is 0.492 e. The van der Waals surface area contributed by atoms with Gasteiger partial charge in [-0.05, 0) is 91.7 Å². The third kappa shape index (κ3) is 7.94. The molecule has 1 amide bonds. The Kier molecular flexibility index (Phi) is 10.3. The Morgan fingerprint density at radius 1 is 0.857 bits per heavy atom. The van der Waals surface area contributed by atoms with Gasteiger partial charge in [0.05, 0.1) is 0 Å². The van der Waals surface area contributed by atoms with Gasteiger partial charge in [0.25, 0.3) is 5.91 Å². The Morgan fingerprint density at radius 3 is 1.95 bits per heavy atom. The summed E-state index contributed by atoms with van der Waals surface area (Å²) in [5.74, 6) is -4.39. The van der Waals surface area contributed by atoms with Gasteiger partial charge in [-0.2, -0.15) is 0 Å². The van der Waals surface area contributed by atoms with Gasteiger partial charge in [-0.15, -0.1) is 0 Å². The lowest BCUT2D eigenvalue weighted by molar-refractivity contribution is -0.113. The van der Waals surface area contributed by atoms with Crippen molar-refractivity contribution >= 4 is 23.8 Å². The Morgan fingerprint density at radius 2 is 1.43 bits per heavy atom. The summed E-state index contributed by atoms with van der Waals surface area (Å²) in [6.07, 6.45) is 3.12. The number of hydrogen-bond donors (Lipinski definition) is 1. The van der Waals surface area contributed by atoms with E-state index in [1.807, 2.05) is 0 Å². The molecule has 1 aliphatic carbocycles. The molecule has 9 heteroatoms. The number of carbonyl (C=O) groups excluding carboxylic acids is 2. The lowest BCUT2D eigenvalue weighted by Crippen LogP contribution is -2.39. The van der Waals surface area contributed by atoms with Crippen molar-refractivity contribution in [3.05, 3.63) is 112 Å². The maximum absolute atomic E-state index is 13.9. The summed E-state index contributed by atoms with van der Waals surface area (Å²) in [5, 5.41) is 2.94. The fraction of sp³-hybridized carbons (Fsp3) is 0.273. The van der Waals surface area contributed by atoms with E-state index < -0.39 is 35.1 Å². The first kappa shape index (κ1) is 30.7. The predicted octanol–water partition coefficient (Wildman–Crippen LogP) is 6.59. The second-order valence-corrected chi connectivity index (χ2v) is 10.00. The molecule has 0 aliphatic heterocycles. The highest BCUT2D eigenvalue weighted by Gasteiger charge is 2.29. The van der Waals surface area contributed by atoms with Crippen molar-refractivity contribution in [1.29, 1.82) is 0 Å². The summed E-state index contributed by atoms with van der Waals surface area (Å²) in [6, 6.07) is 12.8. The van der Waals surface area contributed by atoms with Crippen LogP contribution in [0.4, 0.5) is 17.6 Å². The summed E-state index contributed by atoms with van der Waals surface area (Å²) in [6.45, 7) is 7.18. The molecule has 0 heterocycles. The number of hydrogen-bond acceptors (Lipinski definition) is 4. The van der Waals surface area contributed by atoms with E-state index in [-0.39, 0.29) is 41.0 Å². The van der Waals surface area contributed by atoms with Gasteiger partial charge in [0.2, 0.25) is 0 Å². The van der Waals surface area contributed by atoms with E-state index in [4.69, 9.17) is 4.74 Å². The number of ether oxygens (including phenoxy) is 1. The molecule has 3 aromatic rings. The minimum absolute atomic E-state index is 0.124. The molecule has 0 unspecified atom stereocenters. The maximum Gasteiger partial charge on any atom is 0.251 e. The summed E-state index contributed by atoms with van der Waals surface area (Å²) in [7, 11) is 0. The van der Waals surface area contributed by atoms with Crippen LogP contribution in [-0.2, 0) is 4.79 Å². The number of nitrogens with zero attached hydrogens (tertiary/aromatic N) is 1. The van der Waals surface area contributed by atoms with Crippen molar-refractivity contribution < 1.29 is 31.9 Å². The van der Waals surface area contributed by atoms with Crippen LogP contribution in [0.3, 0.4) is 0 Å². The minimum atomic E-state index is -1.06. The first-order chi connectivity index (χ1) is 20.2. The van der Waals surface area contributed by atoms with E-state index in [9.17, 15) is 27.2 Å². The zero-order chi connectivity index (χ0) is 30.2. The van der Waals surface area contributed by atoms with Crippen LogP contribution in [0.2, 0.25) is 0 Å². The van der Waals surface area contributed by atoms with Crippen molar-refractivity contribution in [3.8, 4) is 5.75 Å². The van der Waals surface area contributed by atoms with Crippen LogP contribution in [0.1, 0.15) is 48.2 Å². The number of ketones is 1. The molecular weight excluding hydrogens is 548 g/mol. The third-order valence-electron chi connectivity index (χ3n) is 7.09. The lowest BCUT2D eigenvalue weighted by Gasteiger charge is -2.27. The number of benzene rings is 3. The molecule has 0 atom stereocenters. The van der Waals surface area contributed by atoms with Gasteiger partial charge < -0.3 is 15.0 Å². The van der Waals surface area contributed by atoms with Gasteiger partial charge in [-0.25, -0.2) is 17.6 Å². The van der Waals surface area contributed by atoms with Gasteiger partial charge in [0, 0.05) is 29.3 Å². The summed E-state index contributed by atoms with van der Waals surface area (Å²) < 4.78 is 60.5. The van der Waals surface area contributed by atoms with Crippen molar-refractivity contribution in [3.63, 3.8) is 0 Å². The quantitative estimate of drug-likeness (QED) is 0.217. The number of rotatable bonds is 10. The second kappa shape index (κ2) is 14.1. The molecule has 0 spiro atoms. The van der Waals surface area contributed by atoms with Crippen LogP contribution in [0, 0.1) is 23.3 Å². The minimum Gasteiger partial charge on any atom is -0.492 e. The van der Waals surface area contributed by atoms with Crippen LogP contribution < -0.4 is 10.1 Å². The summed E-state index contributed by atoms with van der Waals surface area (Å²) in [5.41, 5.74) is 1.40. The predicted molar refractivity (Wildman–Crippen MR) is 154 cm³/mol. The highest BCUT2D eigenvalue weighted by Crippen LogP contribution is 2.30. The molecule has 1 aliphatic rings. The fourth-order valence-corrected chi connectivity index (χ4v) is 4.78. The molecule has 42 heavy (non-hydrogen) atoms. The Hall–Kier alpha value is -4.24. The molecule has 3 aromatic carbocycles. The third-order valence-corrected chi connectivity index (χ3v) is 7.09. The van der Waals surface area contributed by atoms with Crippen LogP contribution in [0.15, 0.2) is 71.8 Å². The standard InChI is InChI=1S/C33H32F4N2O3/c1-3-39(4-2)12-13-42-27-7-5-6-23(20-27)33(41)38-26-18-24(14-21-8-10-28(34)30(36)16-21)32(40)25(19-26)15-22-9-11-29(35)31(37)17-22/h5-11,14-17,20,26H,3-4,12-13,18-19H2,1-2H3,(H,38,41)/b24-14+,25-15+. The zero-order valence-corrected chi connectivity index (χ0v) is 23.4. The highest BCUT2D eigenvalue weighted by molar-refractivity contribution is 6.14. The first-order valence-electron chi connectivity index (χ1n) is 13.8. The first-order valence-corrected chi connectivity index (χ1v) is 13.8. The molecule has 1 N–H and O–H groups in total. The number of nitrogens with one attached hydrogen (secondary N) is 1. The Bertz CT molecular complexity index is 1440. The fourth-order valence-electron chi connectivity index (χ4n) is 4.78. The highest BCUT2D eigenvalue weighted by atomic mass is 19.2. The molecule has 0 radical (unpaired) electrons. The average molecular weight is 581 g/mol. The number of likely N-dealkylation sites (N-methyl/N-ethyl adjacent to an activating group) is 1. The Balaban J connectivity index is 1.56. The summed E-state index contributed by atoms with van der Waals surface area (Å²) >= 11 is 0. The lowest BCUT2D eigenvalue weighted by atomic mass is 9.83. The van der Waals surface area contributed by atoms with Crippen molar-refractivity contribution in [1.82, 2.24) is 10.2 Å². The number of amides is 1. The van der Waals surface area contributed by atoms with Gasteiger partial charge in [0.15, 0.2) is 29.1 Å². The van der Waals surface area contributed by atoms with Gasteiger partial charge >= 0.3 is 0 Å². The number of halogens is 4. The normalized spacial score (nSPS) is 17.2. The monoisotopic (exact) mass is 580 g/mol. The van der Waals surface area contributed by atoms with Crippen molar-refractivity contribution in [2.75, 3.05) is 26.2 Å². The molecule has 4 rings (SSSR count). The molecule has 0 saturated heterocycles. The topological polar surface area (TPSA) is 58.6 Å². The van der Waals surface area contributed by atoms with E-state index in [0.717, 1.165) is 43.9 Å². The Labute approximate surface area is 242 Å². The molecule has 220 valence electrons. The molecule has 5 nitrogen and oxygen atoms in total. The van der Waals surface area contributed by atoms with Crippen LogP contribution >= 0.6 is 0 Å². The van der Waals surface area contributed by atoms with Gasteiger partial charge in [-0.1, -0.05) is 32.0 Å². The number of carbonyl (C=O) groups is 2. The van der Waals surface area contributed by atoms with Crippen LogP contribution in [-0.4, -0.2) is 48.9 Å². The molecule has 1 saturated carbocycles. The SMILES string of the molecule is CCN(CC)CCOc1cccc(C(=O)NC2C/C(=C\c3ccc(F)c(F)c3)C(=O)/C(=C/c3ccc(F)c(F)c3)C2)c1. The van der Waals surface area contributed by atoms with Crippen LogP contribution in [0.25, 0.3) is 12.2 Å². The van der Waals surface area contributed by atoms with E-state index in [0.29, 0.717) is 17.9 Å². The number of Topliss-reactive ketones (excluding diaryl/α,β-unsaturated/α-hetero) is 1. The van der Waals surface area contributed by atoms with Gasteiger partial charge in [0.1, 0.15) is 12.4 Å². The van der Waals surface area contributed by atoms with Gasteiger partial charge in [-0.3, -0.25) is 9.59 Å². The van der Waals surface area contributed by atoms with Crippen LogP contribution in [0.5, 0.6) is 5.75 Å². The van der Waals surface area contributed by atoms with E-state index >= 15 is 0 Å². The molecule has 0 aromatic heterocycles. The smallest absolute Gasteiger partial charge is 0.251 e. The second-order valence-electron chi connectivity index (χ2n) is 10.00. The van der Waals surface area contributed by atoms with E-state index in [2.05, 4.69) is 24.1 Å². The summed E-state index contributed by atoms with van der Waals surface area (Å²) in [4.78, 5) is 28.8. The van der Waals surface area contributed by atoms with E-state index in [1.165, 1.54) is 24.3 Å². The maximum atomic E-state index is 13.9.